The number of para-hydroxylation sites is 1. The first-order valence-corrected chi connectivity index (χ1v) is 13.2. The van der Waals surface area contributed by atoms with E-state index in [0.29, 0.717) is 38.8 Å². The molecular weight excluding hydrogens is 567 g/mol. The summed E-state index contributed by atoms with van der Waals surface area (Å²) in [4.78, 5) is 16.7. The van der Waals surface area contributed by atoms with Crippen molar-refractivity contribution in [2.24, 2.45) is 0 Å². The van der Waals surface area contributed by atoms with Crippen LogP contribution in [0.4, 0.5) is 0 Å². The molecule has 3 aromatic carbocycles. The first-order chi connectivity index (χ1) is 18.3. The zero-order valence-electron chi connectivity index (χ0n) is 19.8. The number of H-pyrrole nitrogens is 1. The van der Waals surface area contributed by atoms with Crippen LogP contribution in [0.25, 0.3) is 28.4 Å². The standard InChI is InChI=1S/C27H19Cl3N4O3S/c1-37-23-9-7-17(28)12-19(23)25-31-27(33-32-25)38-24(26(35)36)11-16-14-34(22-5-3-2-4-18(16)22)13-15-6-8-20(29)21(30)10-15/h2-12,14H,13H2,1H3,(H,35,36)(H,31,32,33)/b24-11-. The van der Waals surface area contributed by atoms with E-state index in [1.165, 1.54) is 0 Å². The Labute approximate surface area is 237 Å². The van der Waals surface area contributed by atoms with E-state index in [4.69, 9.17) is 39.5 Å². The van der Waals surface area contributed by atoms with E-state index < -0.39 is 5.97 Å². The number of aromatic amines is 1. The highest BCUT2D eigenvalue weighted by Crippen LogP contribution is 2.34. The topological polar surface area (TPSA) is 93.0 Å². The second-order valence-corrected chi connectivity index (χ2v) is 10.5. The van der Waals surface area contributed by atoms with Crippen LogP contribution in [0.2, 0.25) is 15.1 Å². The fourth-order valence-corrected chi connectivity index (χ4v) is 5.20. The van der Waals surface area contributed by atoms with E-state index in [1.807, 2.05) is 47.2 Å². The molecule has 0 saturated carbocycles. The molecule has 0 aliphatic heterocycles. The normalized spacial score (nSPS) is 11.7. The summed E-state index contributed by atoms with van der Waals surface area (Å²) in [7, 11) is 1.54. The molecule has 0 aliphatic rings. The minimum absolute atomic E-state index is 0.0612. The molecule has 0 radical (unpaired) electrons. The van der Waals surface area contributed by atoms with Crippen molar-refractivity contribution in [3.63, 3.8) is 0 Å². The molecule has 11 heteroatoms. The van der Waals surface area contributed by atoms with Crippen LogP contribution in [-0.4, -0.2) is 37.9 Å². The maximum Gasteiger partial charge on any atom is 0.342 e. The monoisotopic (exact) mass is 584 g/mol. The number of nitrogens with one attached hydrogen (secondary N) is 1. The molecule has 2 N–H and O–H groups in total. The number of aliphatic carboxylic acids is 1. The van der Waals surface area contributed by atoms with Gasteiger partial charge < -0.3 is 14.4 Å². The number of nitrogens with zero attached hydrogens (tertiary/aromatic N) is 3. The van der Waals surface area contributed by atoms with E-state index in [0.717, 1.165) is 33.8 Å². The maximum atomic E-state index is 12.2. The minimum atomic E-state index is -1.09. The van der Waals surface area contributed by atoms with Gasteiger partial charge in [0.15, 0.2) is 5.82 Å². The van der Waals surface area contributed by atoms with Crippen molar-refractivity contribution >= 4 is 69.5 Å². The van der Waals surface area contributed by atoms with Gasteiger partial charge >= 0.3 is 5.97 Å². The highest BCUT2D eigenvalue weighted by molar-refractivity contribution is 8.04. The average Bonchev–Trinajstić information content (AvgIpc) is 3.51. The van der Waals surface area contributed by atoms with Crippen molar-refractivity contribution in [1.82, 2.24) is 19.7 Å². The number of carboxylic acids is 1. The molecule has 0 unspecified atom stereocenters. The number of rotatable bonds is 8. The summed E-state index contributed by atoms with van der Waals surface area (Å²) in [5, 5.41) is 19.6. The van der Waals surface area contributed by atoms with E-state index in [2.05, 4.69) is 15.2 Å². The van der Waals surface area contributed by atoms with Crippen LogP contribution in [0.15, 0.2) is 76.9 Å². The van der Waals surface area contributed by atoms with Crippen LogP contribution in [0, 0.1) is 0 Å². The van der Waals surface area contributed by atoms with Crippen molar-refractivity contribution in [3.05, 3.63) is 98.0 Å². The Balaban J connectivity index is 1.48. The summed E-state index contributed by atoms with van der Waals surface area (Å²) in [6.45, 7) is 0.534. The van der Waals surface area contributed by atoms with Crippen LogP contribution in [0.5, 0.6) is 5.75 Å². The SMILES string of the molecule is COc1ccc(Cl)cc1-c1nc(S/C(=C\c2cn(Cc3ccc(Cl)c(Cl)c3)c3ccccc23)C(=O)O)n[nH]1. The van der Waals surface area contributed by atoms with Gasteiger partial charge in [-0.2, -0.15) is 0 Å². The minimum Gasteiger partial charge on any atom is -0.496 e. The Kier molecular flexibility index (Phi) is 7.67. The van der Waals surface area contributed by atoms with Crippen molar-refractivity contribution in [2.75, 3.05) is 7.11 Å². The Morgan fingerprint density at radius 3 is 2.68 bits per heavy atom. The highest BCUT2D eigenvalue weighted by Gasteiger charge is 2.18. The molecule has 38 heavy (non-hydrogen) atoms. The van der Waals surface area contributed by atoms with Crippen LogP contribution in [0.1, 0.15) is 11.1 Å². The largest absolute Gasteiger partial charge is 0.496 e. The second-order valence-electron chi connectivity index (χ2n) is 8.20. The van der Waals surface area contributed by atoms with Crippen molar-refractivity contribution < 1.29 is 14.6 Å². The summed E-state index contributed by atoms with van der Waals surface area (Å²) >= 11 is 19.3. The van der Waals surface area contributed by atoms with Gasteiger partial charge in [0.05, 0.1) is 22.7 Å². The number of methoxy groups -OCH3 is 1. The third kappa shape index (κ3) is 5.54. The molecule has 0 fully saturated rings. The zero-order valence-corrected chi connectivity index (χ0v) is 22.9. The third-order valence-corrected chi connectivity index (χ3v) is 7.59. The third-order valence-electron chi connectivity index (χ3n) is 5.74. The number of benzene rings is 3. The lowest BCUT2D eigenvalue weighted by atomic mass is 10.1. The number of carboxylic acid groups (broad SMARTS) is 1. The molecule has 192 valence electrons. The quantitative estimate of drug-likeness (QED) is 0.143. The molecule has 5 aromatic rings. The van der Waals surface area contributed by atoms with Gasteiger partial charge in [-0.1, -0.05) is 59.1 Å². The van der Waals surface area contributed by atoms with Gasteiger partial charge in [-0.05, 0) is 59.8 Å². The first-order valence-electron chi connectivity index (χ1n) is 11.2. The highest BCUT2D eigenvalue weighted by atomic mass is 35.5. The number of hydrogen-bond donors (Lipinski definition) is 2. The number of fused-ring (bicyclic) bond motifs is 1. The Morgan fingerprint density at radius 2 is 1.92 bits per heavy atom. The molecular formula is C27H19Cl3N4O3S. The number of ether oxygens (including phenoxy) is 1. The molecule has 2 heterocycles. The molecule has 0 atom stereocenters. The van der Waals surface area contributed by atoms with Gasteiger partial charge in [0.1, 0.15) is 10.7 Å². The van der Waals surface area contributed by atoms with Gasteiger partial charge in [-0.3, -0.25) is 5.10 Å². The molecule has 0 amide bonds. The lowest BCUT2D eigenvalue weighted by Gasteiger charge is -2.06. The van der Waals surface area contributed by atoms with Crippen molar-refractivity contribution in [2.45, 2.75) is 11.7 Å². The van der Waals surface area contributed by atoms with Gasteiger partial charge in [0.2, 0.25) is 5.16 Å². The number of thioether (sulfide) groups is 1. The smallest absolute Gasteiger partial charge is 0.342 e. The molecule has 5 rings (SSSR count). The van der Waals surface area contributed by atoms with Gasteiger partial charge in [0.25, 0.3) is 0 Å². The van der Waals surface area contributed by atoms with Gasteiger partial charge in [-0.15, -0.1) is 5.10 Å². The Hall–Kier alpha value is -3.43. The van der Waals surface area contributed by atoms with Gasteiger partial charge in [0, 0.05) is 34.2 Å². The second kappa shape index (κ2) is 11.1. The lowest BCUT2D eigenvalue weighted by molar-refractivity contribution is -0.131. The lowest BCUT2D eigenvalue weighted by Crippen LogP contribution is -1.98. The van der Waals surface area contributed by atoms with E-state index in [9.17, 15) is 9.90 Å². The average molecular weight is 586 g/mol. The van der Waals surface area contributed by atoms with Gasteiger partial charge in [-0.25, -0.2) is 9.78 Å². The molecule has 0 saturated heterocycles. The molecule has 7 nitrogen and oxygen atoms in total. The number of halogens is 3. The van der Waals surface area contributed by atoms with Crippen LogP contribution < -0.4 is 4.74 Å². The fraction of sp³-hybridized carbons (Fsp3) is 0.0741. The zero-order chi connectivity index (χ0) is 26.8. The Bertz CT molecular complexity index is 1700. The maximum absolute atomic E-state index is 12.2. The predicted molar refractivity (Wildman–Crippen MR) is 152 cm³/mol. The number of carbonyl (C=O) groups is 1. The first kappa shape index (κ1) is 26.2. The summed E-state index contributed by atoms with van der Waals surface area (Å²) in [5.41, 5.74) is 3.28. The molecule has 0 aliphatic carbocycles. The van der Waals surface area contributed by atoms with Crippen molar-refractivity contribution in [1.29, 1.82) is 0 Å². The van der Waals surface area contributed by atoms with Crippen molar-refractivity contribution in [3.8, 4) is 17.1 Å². The number of aromatic nitrogens is 4. The van der Waals surface area contributed by atoms with Crippen LogP contribution in [-0.2, 0) is 11.3 Å². The van der Waals surface area contributed by atoms with Crippen LogP contribution >= 0.6 is 46.6 Å². The molecule has 2 aromatic heterocycles. The van der Waals surface area contributed by atoms with E-state index in [1.54, 1.807) is 37.5 Å². The fourth-order valence-electron chi connectivity index (χ4n) is 4.01. The van der Waals surface area contributed by atoms with E-state index >= 15 is 0 Å². The molecule has 0 bridgehead atoms. The predicted octanol–water partition coefficient (Wildman–Crippen LogP) is 7.66. The summed E-state index contributed by atoms with van der Waals surface area (Å²) in [6, 6.07) is 18.4. The van der Waals surface area contributed by atoms with Crippen LogP contribution in [0.3, 0.4) is 0 Å². The summed E-state index contributed by atoms with van der Waals surface area (Å²) in [6.07, 6.45) is 3.54. The summed E-state index contributed by atoms with van der Waals surface area (Å²) in [5.74, 6) is -0.122. The number of hydrogen-bond acceptors (Lipinski definition) is 5. The van der Waals surface area contributed by atoms with E-state index in [-0.39, 0.29) is 10.1 Å². The summed E-state index contributed by atoms with van der Waals surface area (Å²) < 4.78 is 7.43. The molecule has 0 spiro atoms. The Morgan fingerprint density at radius 1 is 1.11 bits per heavy atom.